The summed E-state index contributed by atoms with van der Waals surface area (Å²) in [6.07, 6.45) is 6.24. The maximum atomic E-state index is 11.6. The van der Waals surface area contributed by atoms with E-state index in [2.05, 4.69) is 10.1 Å². The molecule has 2 aliphatic heterocycles. The van der Waals surface area contributed by atoms with Gasteiger partial charge in [-0.2, -0.15) is 4.98 Å². The zero-order valence-corrected chi connectivity index (χ0v) is 19.0. The van der Waals surface area contributed by atoms with Gasteiger partial charge in [-0.25, -0.2) is 0 Å². The van der Waals surface area contributed by atoms with Crippen LogP contribution in [0.5, 0.6) is 11.5 Å². The number of benzene rings is 1. The van der Waals surface area contributed by atoms with Crippen LogP contribution in [0.3, 0.4) is 0 Å². The summed E-state index contributed by atoms with van der Waals surface area (Å²) in [5, 5.41) is 13.7. The number of hydrogen-bond donors (Lipinski definition) is 1. The number of aryl methyl sites for hydroxylation is 1. The van der Waals surface area contributed by atoms with Crippen LogP contribution in [0, 0.1) is 0 Å². The highest BCUT2D eigenvalue weighted by Crippen LogP contribution is 2.41. The maximum Gasteiger partial charge on any atom is 0.303 e. The van der Waals surface area contributed by atoms with Crippen molar-refractivity contribution in [2.45, 2.75) is 76.4 Å². The predicted molar refractivity (Wildman–Crippen MR) is 117 cm³/mol. The molecule has 0 saturated carbocycles. The first-order chi connectivity index (χ1) is 16.1. The summed E-state index contributed by atoms with van der Waals surface area (Å²) in [7, 11) is 0. The van der Waals surface area contributed by atoms with E-state index in [0.717, 1.165) is 44.3 Å². The monoisotopic (exact) mass is 460 g/mol. The van der Waals surface area contributed by atoms with Crippen molar-refractivity contribution in [3.8, 4) is 11.5 Å². The standard InChI is InChI=1S/C24H32N2O7/c1-2-17(18(14-22(27)28)16-9-10-19-20(13-16)32-15-31-19)24-25-21(26-33-24)7-3-5-11-29-23-8-4-6-12-30-23/h9-10,13,17-18,23H,2-8,11-12,14-15H2,1H3,(H,27,28). The van der Waals surface area contributed by atoms with Crippen molar-refractivity contribution in [1.82, 2.24) is 10.1 Å². The molecule has 0 radical (unpaired) electrons. The highest BCUT2D eigenvalue weighted by molar-refractivity contribution is 5.68. The minimum atomic E-state index is -0.877. The summed E-state index contributed by atoms with van der Waals surface area (Å²) in [6.45, 7) is 3.61. The third-order valence-corrected chi connectivity index (χ3v) is 6.18. The first kappa shape index (κ1) is 23.5. The minimum absolute atomic E-state index is 0.0452. The molecule has 180 valence electrons. The van der Waals surface area contributed by atoms with E-state index < -0.39 is 5.97 Å². The Morgan fingerprint density at radius 1 is 1.21 bits per heavy atom. The summed E-state index contributed by atoms with van der Waals surface area (Å²) in [4.78, 5) is 16.3. The lowest BCUT2D eigenvalue weighted by Gasteiger charge is -2.22. The third kappa shape index (κ3) is 6.23. The summed E-state index contributed by atoms with van der Waals surface area (Å²) < 4.78 is 27.8. The van der Waals surface area contributed by atoms with Crippen LogP contribution in [0.1, 0.15) is 81.0 Å². The SMILES string of the molecule is CCC(c1nc(CCCCOC2CCCCO2)no1)C(CC(=O)O)c1ccc2c(c1)OCO2. The van der Waals surface area contributed by atoms with E-state index in [0.29, 0.717) is 42.7 Å². The van der Waals surface area contributed by atoms with Crippen LogP contribution in [-0.2, 0) is 20.7 Å². The third-order valence-electron chi connectivity index (χ3n) is 6.18. The number of carboxylic acids is 1. The lowest BCUT2D eigenvalue weighted by molar-refractivity contribution is -0.162. The van der Waals surface area contributed by atoms with E-state index in [4.69, 9.17) is 23.5 Å². The Labute approximate surface area is 193 Å². The van der Waals surface area contributed by atoms with Gasteiger partial charge < -0.3 is 28.6 Å². The number of carboxylic acid groups (broad SMARTS) is 1. The second-order valence-electron chi connectivity index (χ2n) is 8.50. The molecule has 4 rings (SSSR count). The number of aliphatic carboxylic acids is 1. The summed E-state index contributed by atoms with van der Waals surface area (Å²) in [6, 6.07) is 5.56. The molecular weight excluding hydrogens is 428 g/mol. The number of unbranched alkanes of at least 4 members (excludes halogenated alkanes) is 1. The molecule has 0 amide bonds. The summed E-state index contributed by atoms with van der Waals surface area (Å²) in [5.41, 5.74) is 0.857. The van der Waals surface area contributed by atoms with Crippen LogP contribution >= 0.6 is 0 Å². The predicted octanol–water partition coefficient (Wildman–Crippen LogP) is 4.42. The number of ether oxygens (including phenoxy) is 4. The Morgan fingerprint density at radius 2 is 2.09 bits per heavy atom. The van der Waals surface area contributed by atoms with E-state index in [9.17, 15) is 9.90 Å². The average Bonchev–Trinajstić information content (AvgIpc) is 3.48. The Kier molecular flexibility index (Phi) is 8.17. The van der Waals surface area contributed by atoms with Crippen molar-refractivity contribution in [1.29, 1.82) is 0 Å². The molecule has 1 aromatic heterocycles. The lowest BCUT2D eigenvalue weighted by atomic mass is 9.81. The van der Waals surface area contributed by atoms with Gasteiger partial charge in [-0.3, -0.25) is 4.79 Å². The number of carbonyl (C=O) groups is 1. The van der Waals surface area contributed by atoms with Crippen molar-refractivity contribution < 1.29 is 33.4 Å². The molecule has 0 aliphatic carbocycles. The summed E-state index contributed by atoms with van der Waals surface area (Å²) in [5.74, 6) is 0.997. The van der Waals surface area contributed by atoms with Crippen molar-refractivity contribution in [3.63, 3.8) is 0 Å². The van der Waals surface area contributed by atoms with E-state index in [1.54, 1.807) is 0 Å². The van der Waals surface area contributed by atoms with Crippen LogP contribution in [-0.4, -0.2) is 47.5 Å². The highest BCUT2D eigenvalue weighted by Gasteiger charge is 2.31. The quantitative estimate of drug-likeness (QED) is 0.460. The average molecular weight is 461 g/mol. The number of nitrogens with zero attached hydrogens (tertiary/aromatic N) is 2. The minimum Gasteiger partial charge on any atom is -0.481 e. The molecular formula is C24H32N2O7. The van der Waals surface area contributed by atoms with E-state index >= 15 is 0 Å². The molecule has 1 aromatic carbocycles. The lowest BCUT2D eigenvalue weighted by Crippen LogP contribution is -2.22. The van der Waals surface area contributed by atoms with Gasteiger partial charge in [0, 0.05) is 31.5 Å². The molecule has 1 N–H and O–H groups in total. The van der Waals surface area contributed by atoms with E-state index in [1.807, 2.05) is 25.1 Å². The molecule has 9 heteroatoms. The number of hydrogen-bond acceptors (Lipinski definition) is 8. The van der Waals surface area contributed by atoms with Gasteiger partial charge in [0.1, 0.15) is 0 Å². The first-order valence-corrected chi connectivity index (χ1v) is 11.8. The van der Waals surface area contributed by atoms with Crippen molar-refractivity contribution in [2.24, 2.45) is 0 Å². The van der Waals surface area contributed by atoms with E-state index in [-0.39, 0.29) is 31.3 Å². The van der Waals surface area contributed by atoms with Crippen LogP contribution in [0.4, 0.5) is 0 Å². The van der Waals surface area contributed by atoms with Crippen molar-refractivity contribution >= 4 is 5.97 Å². The molecule has 1 saturated heterocycles. The van der Waals surface area contributed by atoms with Crippen LogP contribution in [0.25, 0.3) is 0 Å². The molecule has 0 bridgehead atoms. The molecule has 2 aromatic rings. The van der Waals surface area contributed by atoms with Gasteiger partial charge in [0.2, 0.25) is 12.7 Å². The zero-order valence-electron chi connectivity index (χ0n) is 19.0. The van der Waals surface area contributed by atoms with Gasteiger partial charge in [-0.05, 0) is 56.2 Å². The molecule has 0 spiro atoms. The van der Waals surface area contributed by atoms with Crippen molar-refractivity contribution in [3.05, 3.63) is 35.5 Å². The van der Waals surface area contributed by atoms with Gasteiger partial charge in [0.25, 0.3) is 0 Å². The molecule has 3 heterocycles. The maximum absolute atomic E-state index is 11.6. The van der Waals surface area contributed by atoms with E-state index in [1.165, 1.54) is 0 Å². The first-order valence-electron chi connectivity index (χ1n) is 11.8. The molecule has 2 aliphatic rings. The van der Waals surface area contributed by atoms with Gasteiger partial charge in [-0.15, -0.1) is 0 Å². The second-order valence-corrected chi connectivity index (χ2v) is 8.50. The van der Waals surface area contributed by atoms with Crippen LogP contribution in [0.15, 0.2) is 22.7 Å². The molecule has 1 fully saturated rings. The van der Waals surface area contributed by atoms with Crippen LogP contribution in [0.2, 0.25) is 0 Å². The highest BCUT2D eigenvalue weighted by atomic mass is 16.7. The number of aromatic nitrogens is 2. The zero-order chi connectivity index (χ0) is 23.0. The van der Waals surface area contributed by atoms with Crippen LogP contribution < -0.4 is 9.47 Å². The fraction of sp³-hybridized carbons (Fsp3) is 0.625. The van der Waals surface area contributed by atoms with Gasteiger partial charge in [-0.1, -0.05) is 18.1 Å². The fourth-order valence-electron chi connectivity index (χ4n) is 4.42. The molecule has 9 nitrogen and oxygen atoms in total. The summed E-state index contributed by atoms with van der Waals surface area (Å²) >= 11 is 0. The largest absolute Gasteiger partial charge is 0.481 e. The normalized spacial score (nSPS) is 19.4. The molecule has 3 atom stereocenters. The smallest absolute Gasteiger partial charge is 0.303 e. The van der Waals surface area contributed by atoms with Crippen molar-refractivity contribution in [2.75, 3.05) is 20.0 Å². The molecule has 3 unspecified atom stereocenters. The molecule has 33 heavy (non-hydrogen) atoms. The Hall–Kier alpha value is -2.65. The van der Waals surface area contributed by atoms with Gasteiger partial charge in [0.15, 0.2) is 23.6 Å². The number of fused-ring (bicyclic) bond motifs is 1. The topological polar surface area (TPSA) is 113 Å². The Bertz CT molecular complexity index is 910. The van der Waals surface area contributed by atoms with Gasteiger partial charge in [0.05, 0.1) is 6.42 Å². The Morgan fingerprint density at radius 3 is 2.88 bits per heavy atom. The fourth-order valence-corrected chi connectivity index (χ4v) is 4.42. The second kappa shape index (κ2) is 11.5. The number of rotatable bonds is 12. The van der Waals surface area contributed by atoms with Gasteiger partial charge >= 0.3 is 5.97 Å². The Balaban J connectivity index is 1.35.